The monoisotopic (exact) mass is 414 g/mol. The average Bonchev–Trinajstić information content (AvgIpc) is 2.73. The summed E-state index contributed by atoms with van der Waals surface area (Å²) >= 11 is 0. The number of methoxy groups -OCH3 is 1. The first-order chi connectivity index (χ1) is 14.5. The highest BCUT2D eigenvalue weighted by Crippen LogP contribution is 2.30. The Balaban J connectivity index is 2.05. The summed E-state index contributed by atoms with van der Waals surface area (Å²) < 4.78 is 16.8. The average molecular weight is 415 g/mol. The molecule has 0 spiro atoms. The van der Waals surface area contributed by atoms with Crippen LogP contribution in [0.5, 0.6) is 17.2 Å². The number of aliphatic imine (C=N–C) groups is 1. The van der Waals surface area contributed by atoms with Crippen molar-refractivity contribution in [3.8, 4) is 17.2 Å². The van der Waals surface area contributed by atoms with E-state index in [4.69, 9.17) is 19.2 Å². The van der Waals surface area contributed by atoms with Crippen molar-refractivity contribution in [1.82, 2.24) is 10.2 Å². The van der Waals surface area contributed by atoms with Gasteiger partial charge in [-0.2, -0.15) is 0 Å². The zero-order chi connectivity index (χ0) is 21.8. The molecule has 2 aromatic rings. The second-order valence-electron chi connectivity index (χ2n) is 6.92. The maximum atomic E-state index is 5.82. The zero-order valence-corrected chi connectivity index (χ0v) is 18.7. The molecule has 0 saturated carbocycles. The van der Waals surface area contributed by atoms with E-state index in [1.165, 1.54) is 0 Å². The highest BCUT2D eigenvalue weighted by atomic mass is 16.5. The van der Waals surface area contributed by atoms with Crippen LogP contribution in [0.25, 0.3) is 0 Å². The highest BCUT2D eigenvalue weighted by Gasteiger charge is 2.07. The third-order valence-electron chi connectivity index (χ3n) is 4.20. The summed E-state index contributed by atoms with van der Waals surface area (Å²) in [6.45, 7) is 7.40. The third kappa shape index (κ3) is 7.83. The minimum Gasteiger partial charge on any atom is -0.493 e. The number of hydrogen-bond donors (Lipinski definition) is 2. The van der Waals surface area contributed by atoms with Crippen LogP contribution in [0.1, 0.15) is 19.4 Å². The number of hydrogen-bond acceptors (Lipinski definition) is 5. The van der Waals surface area contributed by atoms with Crippen molar-refractivity contribution < 1.29 is 14.2 Å². The van der Waals surface area contributed by atoms with Crippen molar-refractivity contribution in [1.29, 1.82) is 0 Å². The number of likely N-dealkylation sites (N-methyl/N-ethyl adjacent to an activating group) is 1. The summed E-state index contributed by atoms with van der Waals surface area (Å²) in [4.78, 5) is 6.80. The molecule has 0 saturated heterocycles. The van der Waals surface area contributed by atoms with Gasteiger partial charge >= 0.3 is 0 Å². The van der Waals surface area contributed by atoms with Crippen LogP contribution in [-0.4, -0.2) is 58.4 Å². The summed E-state index contributed by atoms with van der Waals surface area (Å²) in [6.07, 6.45) is 0. The predicted octanol–water partition coefficient (Wildman–Crippen LogP) is 3.61. The fraction of sp³-hybridized carbons (Fsp3) is 0.435. The lowest BCUT2D eigenvalue weighted by atomic mass is 10.2. The van der Waals surface area contributed by atoms with Crippen LogP contribution in [0.15, 0.2) is 47.5 Å². The second-order valence-corrected chi connectivity index (χ2v) is 6.92. The lowest BCUT2D eigenvalue weighted by Gasteiger charge is -2.14. The minimum absolute atomic E-state index is 0.536. The molecule has 0 fully saturated rings. The Labute approximate surface area is 180 Å². The van der Waals surface area contributed by atoms with Crippen molar-refractivity contribution in [2.24, 2.45) is 4.99 Å². The predicted molar refractivity (Wildman–Crippen MR) is 123 cm³/mol. The minimum atomic E-state index is 0.536. The first kappa shape index (κ1) is 23.3. The van der Waals surface area contributed by atoms with E-state index in [2.05, 4.69) is 15.5 Å². The topological polar surface area (TPSA) is 67.4 Å². The molecule has 164 valence electrons. The van der Waals surface area contributed by atoms with E-state index in [-0.39, 0.29) is 0 Å². The fourth-order valence-electron chi connectivity index (χ4n) is 2.71. The summed E-state index contributed by atoms with van der Waals surface area (Å²) in [7, 11) is 5.70. The van der Waals surface area contributed by atoms with Crippen molar-refractivity contribution >= 4 is 11.6 Å². The second kappa shape index (κ2) is 12.6. The van der Waals surface area contributed by atoms with Gasteiger partial charge in [-0.25, -0.2) is 4.99 Å². The van der Waals surface area contributed by atoms with E-state index in [1.54, 1.807) is 7.11 Å². The van der Waals surface area contributed by atoms with Crippen molar-refractivity contribution in [3.63, 3.8) is 0 Å². The van der Waals surface area contributed by atoms with Crippen LogP contribution < -0.4 is 24.8 Å². The van der Waals surface area contributed by atoms with E-state index < -0.39 is 0 Å². The van der Waals surface area contributed by atoms with E-state index in [0.717, 1.165) is 35.8 Å². The van der Waals surface area contributed by atoms with Crippen LogP contribution in [0, 0.1) is 0 Å². The molecule has 2 aromatic carbocycles. The van der Waals surface area contributed by atoms with Gasteiger partial charge in [-0.05, 0) is 57.8 Å². The van der Waals surface area contributed by atoms with Crippen molar-refractivity contribution in [2.45, 2.75) is 20.4 Å². The number of anilines is 1. The van der Waals surface area contributed by atoms with E-state index in [1.807, 2.05) is 70.4 Å². The molecule has 2 N–H and O–H groups in total. The van der Waals surface area contributed by atoms with Gasteiger partial charge in [0, 0.05) is 24.8 Å². The number of nitrogens with zero attached hydrogens (tertiary/aromatic N) is 2. The number of rotatable bonds is 11. The Hall–Kier alpha value is -2.93. The molecule has 0 unspecified atom stereocenters. The number of ether oxygens (including phenoxy) is 3. The molecule has 0 heterocycles. The number of nitrogens with one attached hydrogen (secondary N) is 2. The standard InChI is InChI=1S/C23H34N4O3/c1-6-24-23(26-19-11-12-21(29-7-2)22(16-19)28-5)25-17-18-9-8-10-20(15-18)30-14-13-27(3)4/h8-12,15-16H,6-7,13-14,17H2,1-5H3,(H2,24,25,26). The molecular formula is C23H34N4O3. The van der Waals surface area contributed by atoms with Gasteiger partial charge in [0.2, 0.25) is 0 Å². The Morgan fingerprint density at radius 3 is 2.57 bits per heavy atom. The summed E-state index contributed by atoms with van der Waals surface area (Å²) in [6, 6.07) is 13.8. The maximum absolute atomic E-state index is 5.82. The number of guanidine groups is 1. The fourth-order valence-corrected chi connectivity index (χ4v) is 2.71. The van der Waals surface area contributed by atoms with Gasteiger partial charge in [0.05, 0.1) is 20.3 Å². The van der Waals surface area contributed by atoms with E-state index >= 15 is 0 Å². The normalized spacial score (nSPS) is 11.3. The summed E-state index contributed by atoms with van der Waals surface area (Å²) in [5.41, 5.74) is 1.95. The van der Waals surface area contributed by atoms with Crippen molar-refractivity contribution in [2.75, 3.05) is 52.8 Å². The lowest BCUT2D eigenvalue weighted by molar-refractivity contribution is 0.261. The summed E-state index contributed by atoms with van der Waals surface area (Å²) in [5.74, 6) is 2.96. The lowest BCUT2D eigenvalue weighted by Crippen LogP contribution is -2.30. The third-order valence-corrected chi connectivity index (χ3v) is 4.20. The quantitative estimate of drug-likeness (QED) is 0.433. The van der Waals surface area contributed by atoms with Crippen LogP contribution in [0.3, 0.4) is 0 Å². The Bertz CT molecular complexity index is 809. The van der Waals surface area contributed by atoms with Crippen molar-refractivity contribution in [3.05, 3.63) is 48.0 Å². The van der Waals surface area contributed by atoms with E-state index in [0.29, 0.717) is 31.5 Å². The van der Waals surface area contributed by atoms with Gasteiger partial charge < -0.3 is 29.7 Å². The molecule has 0 amide bonds. The molecule has 7 heteroatoms. The maximum Gasteiger partial charge on any atom is 0.196 e. The molecule has 0 aromatic heterocycles. The van der Waals surface area contributed by atoms with Gasteiger partial charge in [0.15, 0.2) is 17.5 Å². The SMILES string of the molecule is CCNC(=NCc1cccc(OCCN(C)C)c1)Nc1ccc(OCC)c(OC)c1. The molecule has 0 aliphatic rings. The van der Waals surface area contributed by atoms with Gasteiger partial charge in [-0.3, -0.25) is 0 Å². The Morgan fingerprint density at radius 2 is 1.87 bits per heavy atom. The van der Waals surface area contributed by atoms with Gasteiger partial charge in [0.25, 0.3) is 0 Å². The smallest absolute Gasteiger partial charge is 0.196 e. The molecule has 2 rings (SSSR count). The van der Waals surface area contributed by atoms with Crippen LogP contribution in [0.2, 0.25) is 0 Å². The van der Waals surface area contributed by atoms with Gasteiger partial charge in [-0.15, -0.1) is 0 Å². The highest BCUT2D eigenvalue weighted by molar-refractivity contribution is 5.93. The zero-order valence-electron chi connectivity index (χ0n) is 18.7. The van der Waals surface area contributed by atoms with Gasteiger partial charge in [0.1, 0.15) is 12.4 Å². The first-order valence-corrected chi connectivity index (χ1v) is 10.3. The Morgan fingerprint density at radius 1 is 1.03 bits per heavy atom. The molecular weight excluding hydrogens is 380 g/mol. The number of benzene rings is 2. The van der Waals surface area contributed by atoms with E-state index in [9.17, 15) is 0 Å². The molecule has 30 heavy (non-hydrogen) atoms. The largest absolute Gasteiger partial charge is 0.493 e. The van der Waals surface area contributed by atoms with Crippen LogP contribution in [-0.2, 0) is 6.54 Å². The molecule has 7 nitrogen and oxygen atoms in total. The molecule has 0 bridgehead atoms. The molecule has 0 aliphatic carbocycles. The molecule has 0 radical (unpaired) electrons. The Kier molecular flexibility index (Phi) is 9.80. The summed E-state index contributed by atoms with van der Waals surface area (Å²) in [5, 5.41) is 6.59. The molecule has 0 atom stereocenters. The van der Waals surface area contributed by atoms with Crippen LogP contribution >= 0.6 is 0 Å². The van der Waals surface area contributed by atoms with Crippen LogP contribution in [0.4, 0.5) is 5.69 Å². The van der Waals surface area contributed by atoms with Gasteiger partial charge in [-0.1, -0.05) is 12.1 Å². The molecule has 0 aliphatic heterocycles. The first-order valence-electron chi connectivity index (χ1n) is 10.3.